The van der Waals surface area contributed by atoms with E-state index in [0.29, 0.717) is 16.9 Å². The fourth-order valence-electron chi connectivity index (χ4n) is 2.23. The van der Waals surface area contributed by atoms with Gasteiger partial charge in [0.1, 0.15) is 0 Å². The van der Waals surface area contributed by atoms with Crippen molar-refractivity contribution in [2.24, 2.45) is 0 Å². The standard InChI is InChI=1S/C18H20N2O3S2/c1-4-12-20(25(3,22)23)16-10-8-14(9-11-16)18(21)19-15-6-5-7-17(13-15)24-2/h4-11,13H,1,12H2,2-3H3,(H,19,21). The number of rotatable bonds is 7. The number of sulfonamides is 1. The summed E-state index contributed by atoms with van der Waals surface area (Å²) >= 11 is 1.60. The van der Waals surface area contributed by atoms with E-state index in [-0.39, 0.29) is 12.5 Å². The summed E-state index contributed by atoms with van der Waals surface area (Å²) in [4.78, 5) is 13.4. The molecule has 0 aliphatic heterocycles. The number of benzene rings is 2. The number of hydrogen-bond donors (Lipinski definition) is 1. The monoisotopic (exact) mass is 376 g/mol. The largest absolute Gasteiger partial charge is 0.322 e. The average molecular weight is 377 g/mol. The lowest BCUT2D eigenvalue weighted by molar-refractivity contribution is 0.102. The Morgan fingerprint density at radius 1 is 1.24 bits per heavy atom. The number of carbonyl (C=O) groups is 1. The molecule has 0 saturated heterocycles. The lowest BCUT2D eigenvalue weighted by Crippen LogP contribution is -2.29. The van der Waals surface area contributed by atoms with Crippen LogP contribution in [0, 0.1) is 0 Å². The van der Waals surface area contributed by atoms with Crippen LogP contribution in [0.4, 0.5) is 11.4 Å². The fraction of sp³-hybridized carbons (Fsp3) is 0.167. The lowest BCUT2D eigenvalue weighted by atomic mass is 10.2. The average Bonchev–Trinajstić information content (AvgIpc) is 2.59. The summed E-state index contributed by atoms with van der Waals surface area (Å²) < 4.78 is 24.9. The Morgan fingerprint density at radius 2 is 1.92 bits per heavy atom. The first-order chi connectivity index (χ1) is 11.8. The van der Waals surface area contributed by atoms with Crippen molar-refractivity contribution < 1.29 is 13.2 Å². The summed E-state index contributed by atoms with van der Waals surface area (Å²) in [5, 5.41) is 2.84. The van der Waals surface area contributed by atoms with E-state index in [9.17, 15) is 13.2 Å². The molecule has 2 rings (SSSR count). The highest BCUT2D eigenvalue weighted by atomic mass is 32.2. The Labute approximate surface area is 152 Å². The molecule has 5 nitrogen and oxygen atoms in total. The Balaban J connectivity index is 2.18. The third-order valence-electron chi connectivity index (χ3n) is 3.44. The van der Waals surface area contributed by atoms with E-state index in [1.54, 1.807) is 36.0 Å². The molecule has 2 aromatic carbocycles. The maximum absolute atomic E-state index is 12.4. The van der Waals surface area contributed by atoms with E-state index in [2.05, 4.69) is 11.9 Å². The van der Waals surface area contributed by atoms with Crippen LogP contribution < -0.4 is 9.62 Å². The lowest BCUT2D eigenvalue weighted by Gasteiger charge is -2.20. The van der Waals surface area contributed by atoms with Crippen molar-refractivity contribution in [2.75, 3.05) is 28.7 Å². The summed E-state index contributed by atoms with van der Waals surface area (Å²) in [6.07, 6.45) is 4.62. The molecule has 0 heterocycles. The summed E-state index contributed by atoms with van der Waals surface area (Å²) in [7, 11) is -3.41. The third-order valence-corrected chi connectivity index (χ3v) is 5.33. The summed E-state index contributed by atoms with van der Waals surface area (Å²) in [6, 6.07) is 14.0. The van der Waals surface area contributed by atoms with Crippen LogP contribution in [0.15, 0.2) is 66.1 Å². The molecule has 0 atom stereocenters. The van der Waals surface area contributed by atoms with Gasteiger partial charge >= 0.3 is 0 Å². The summed E-state index contributed by atoms with van der Waals surface area (Å²) in [5.41, 5.74) is 1.65. The molecule has 0 spiro atoms. The maximum Gasteiger partial charge on any atom is 0.255 e. The minimum absolute atomic E-state index is 0.172. The van der Waals surface area contributed by atoms with Crippen molar-refractivity contribution in [1.29, 1.82) is 0 Å². The minimum Gasteiger partial charge on any atom is -0.322 e. The molecule has 7 heteroatoms. The highest BCUT2D eigenvalue weighted by Gasteiger charge is 2.16. The van der Waals surface area contributed by atoms with Crippen LogP contribution in [0.5, 0.6) is 0 Å². The Morgan fingerprint density at radius 3 is 2.48 bits per heavy atom. The van der Waals surface area contributed by atoms with Crippen molar-refractivity contribution in [2.45, 2.75) is 4.90 Å². The SMILES string of the molecule is C=CCN(c1ccc(C(=O)Nc2cccc(SC)c2)cc1)S(C)(=O)=O. The molecule has 1 amide bonds. The number of amides is 1. The zero-order valence-corrected chi connectivity index (χ0v) is 15.7. The number of anilines is 2. The number of nitrogens with zero attached hydrogens (tertiary/aromatic N) is 1. The second-order valence-electron chi connectivity index (χ2n) is 5.32. The maximum atomic E-state index is 12.4. The molecular weight excluding hydrogens is 356 g/mol. The molecule has 0 fully saturated rings. The van der Waals surface area contributed by atoms with Gasteiger partial charge in [-0.1, -0.05) is 12.1 Å². The van der Waals surface area contributed by atoms with Gasteiger partial charge < -0.3 is 5.32 Å². The third kappa shape index (κ3) is 5.11. The van der Waals surface area contributed by atoms with E-state index < -0.39 is 10.0 Å². The van der Waals surface area contributed by atoms with E-state index in [4.69, 9.17) is 0 Å². The molecule has 1 N–H and O–H groups in total. The van der Waals surface area contributed by atoms with Gasteiger partial charge in [-0.05, 0) is 48.7 Å². The molecule has 0 aromatic heterocycles. The van der Waals surface area contributed by atoms with Gasteiger partial charge in [0.2, 0.25) is 10.0 Å². The van der Waals surface area contributed by atoms with Crippen molar-refractivity contribution in [3.05, 3.63) is 66.7 Å². The Kier molecular flexibility index (Phi) is 6.27. The number of nitrogens with one attached hydrogen (secondary N) is 1. The molecule has 0 aliphatic carbocycles. The van der Waals surface area contributed by atoms with Gasteiger partial charge in [0.05, 0.1) is 18.5 Å². The number of hydrogen-bond acceptors (Lipinski definition) is 4. The molecular formula is C18H20N2O3S2. The van der Waals surface area contributed by atoms with E-state index >= 15 is 0 Å². The van der Waals surface area contributed by atoms with Gasteiger partial charge in [-0.3, -0.25) is 9.10 Å². The molecule has 0 unspecified atom stereocenters. The molecule has 0 aliphatic rings. The van der Waals surface area contributed by atoms with E-state index in [1.807, 2.05) is 30.5 Å². The quantitative estimate of drug-likeness (QED) is 0.592. The molecule has 132 valence electrons. The first kappa shape index (κ1) is 19.1. The topological polar surface area (TPSA) is 66.5 Å². The predicted octanol–water partition coefficient (Wildman–Crippen LogP) is 3.61. The van der Waals surface area contributed by atoms with Crippen molar-refractivity contribution in [3.63, 3.8) is 0 Å². The smallest absolute Gasteiger partial charge is 0.255 e. The number of carbonyl (C=O) groups excluding carboxylic acids is 1. The van der Waals surface area contributed by atoms with Crippen molar-refractivity contribution >= 4 is 39.1 Å². The second-order valence-corrected chi connectivity index (χ2v) is 8.10. The van der Waals surface area contributed by atoms with Crippen LogP contribution in [-0.4, -0.2) is 33.4 Å². The molecule has 0 bridgehead atoms. The molecule has 0 radical (unpaired) electrons. The van der Waals surface area contributed by atoms with Crippen LogP contribution in [0.2, 0.25) is 0 Å². The Bertz CT molecular complexity index is 862. The van der Waals surface area contributed by atoms with Crippen molar-refractivity contribution in [3.8, 4) is 0 Å². The van der Waals surface area contributed by atoms with Gasteiger partial charge in [-0.25, -0.2) is 8.42 Å². The highest BCUT2D eigenvalue weighted by molar-refractivity contribution is 7.98. The summed E-state index contributed by atoms with van der Waals surface area (Å²) in [6.45, 7) is 3.75. The van der Waals surface area contributed by atoms with Gasteiger partial charge in [0.25, 0.3) is 5.91 Å². The minimum atomic E-state index is -3.41. The summed E-state index contributed by atoms with van der Waals surface area (Å²) in [5.74, 6) is -0.251. The Hall–Kier alpha value is -2.25. The second kappa shape index (κ2) is 8.22. The van der Waals surface area contributed by atoms with Crippen LogP contribution in [-0.2, 0) is 10.0 Å². The van der Waals surface area contributed by atoms with Gasteiger partial charge in [0.15, 0.2) is 0 Å². The van der Waals surface area contributed by atoms with Gasteiger partial charge in [-0.15, -0.1) is 18.3 Å². The fourth-order valence-corrected chi connectivity index (χ4v) is 3.57. The highest BCUT2D eigenvalue weighted by Crippen LogP contribution is 2.21. The van der Waals surface area contributed by atoms with Crippen molar-refractivity contribution in [1.82, 2.24) is 0 Å². The zero-order chi connectivity index (χ0) is 18.4. The molecule has 0 saturated carbocycles. The van der Waals surface area contributed by atoms with E-state index in [0.717, 1.165) is 11.2 Å². The van der Waals surface area contributed by atoms with Crippen LogP contribution in [0.3, 0.4) is 0 Å². The molecule has 2 aromatic rings. The number of thioether (sulfide) groups is 1. The van der Waals surface area contributed by atoms with Gasteiger partial charge in [-0.2, -0.15) is 0 Å². The normalized spacial score (nSPS) is 11.0. The first-order valence-electron chi connectivity index (χ1n) is 7.49. The first-order valence-corrected chi connectivity index (χ1v) is 10.6. The molecule has 25 heavy (non-hydrogen) atoms. The van der Waals surface area contributed by atoms with Crippen LogP contribution in [0.25, 0.3) is 0 Å². The van der Waals surface area contributed by atoms with Crippen LogP contribution in [0.1, 0.15) is 10.4 Å². The van der Waals surface area contributed by atoms with E-state index in [1.165, 1.54) is 10.4 Å². The zero-order valence-electron chi connectivity index (χ0n) is 14.1. The van der Waals surface area contributed by atoms with Crippen LogP contribution >= 0.6 is 11.8 Å². The predicted molar refractivity (Wildman–Crippen MR) is 105 cm³/mol. The van der Waals surface area contributed by atoms with Gasteiger partial charge in [0, 0.05) is 16.1 Å².